The van der Waals surface area contributed by atoms with E-state index in [1.54, 1.807) is 0 Å². The molecule has 0 fully saturated rings. The van der Waals surface area contributed by atoms with Gasteiger partial charge in [0.15, 0.2) is 0 Å². The van der Waals surface area contributed by atoms with Crippen molar-refractivity contribution in [1.82, 2.24) is 9.97 Å². The molecule has 1 aromatic heterocycles. The third-order valence-corrected chi connectivity index (χ3v) is 3.25. The van der Waals surface area contributed by atoms with Gasteiger partial charge in [0.25, 0.3) is 0 Å². The van der Waals surface area contributed by atoms with Crippen LogP contribution in [0.1, 0.15) is 39.2 Å². The number of rotatable bonds is 4. The molecule has 0 saturated carbocycles. The summed E-state index contributed by atoms with van der Waals surface area (Å²) < 4.78 is 0. The maximum absolute atomic E-state index is 4.37. The highest BCUT2D eigenvalue weighted by molar-refractivity contribution is 5.35. The zero-order valence-corrected chi connectivity index (χ0v) is 11.3. The fraction of sp³-hybridized carbons (Fsp3) is 0.692. The van der Waals surface area contributed by atoms with Crippen LogP contribution in [0.4, 0.5) is 5.82 Å². The molecule has 0 aliphatic carbocycles. The number of hydrogen-bond acceptors (Lipinski definition) is 3. The van der Waals surface area contributed by atoms with Gasteiger partial charge < -0.3 is 5.32 Å². The molecule has 1 heterocycles. The van der Waals surface area contributed by atoms with Crippen molar-refractivity contribution < 1.29 is 0 Å². The number of aromatic nitrogens is 2. The van der Waals surface area contributed by atoms with Gasteiger partial charge in [-0.3, -0.25) is 0 Å². The van der Waals surface area contributed by atoms with E-state index >= 15 is 0 Å². The Bertz CT molecular complexity index is 336. The third-order valence-electron chi connectivity index (χ3n) is 3.25. The number of nitrogens with one attached hydrogen (secondary N) is 1. The summed E-state index contributed by atoms with van der Waals surface area (Å²) in [5.41, 5.74) is 1.28. The molecule has 90 valence electrons. The van der Waals surface area contributed by atoms with Gasteiger partial charge in [-0.05, 0) is 25.2 Å². The zero-order valence-electron chi connectivity index (χ0n) is 11.3. The number of hydrogen-bond donors (Lipinski definition) is 1. The van der Waals surface area contributed by atoms with E-state index in [4.69, 9.17) is 0 Å². The molecule has 0 aromatic carbocycles. The number of anilines is 1. The molecule has 0 amide bonds. The van der Waals surface area contributed by atoms with Gasteiger partial charge in [0.2, 0.25) is 0 Å². The molecule has 16 heavy (non-hydrogen) atoms. The van der Waals surface area contributed by atoms with Crippen molar-refractivity contribution >= 4 is 5.82 Å². The molecule has 0 spiro atoms. The molecular formula is C13H23N3. The topological polar surface area (TPSA) is 37.8 Å². The van der Waals surface area contributed by atoms with Crippen molar-refractivity contribution in [1.29, 1.82) is 0 Å². The second-order valence-corrected chi connectivity index (χ2v) is 5.44. The van der Waals surface area contributed by atoms with Crippen molar-refractivity contribution in [2.24, 2.45) is 11.3 Å². The number of nitrogens with zero attached hydrogens (tertiary/aromatic N) is 2. The van der Waals surface area contributed by atoms with Crippen molar-refractivity contribution in [3.63, 3.8) is 0 Å². The number of aryl methyl sites for hydroxylation is 2. The first-order valence-corrected chi connectivity index (χ1v) is 5.87. The third kappa shape index (κ3) is 3.47. The van der Waals surface area contributed by atoms with E-state index in [0.717, 1.165) is 23.9 Å². The Morgan fingerprint density at radius 2 is 1.88 bits per heavy atom. The Hall–Kier alpha value is -1.12. The van der Waals surface area contributed by atoms with E-state index in [2.05, 4.69) is 43.0 Å². The summed E-state index contributed by atoms with van der Waals surface area (Å²) in [7, 11) is 0. The van der Waals surface area contributed by atoms with Gasteiger partial charge in [0.05, 0.1) is 0 Å². The van der Waals surface area contributed by atoms with Crippen LogP contribution in [0.15, 0.2) is 6.07 Å². The minimum atomic E-state index is 0.271. The van der Waals surface area contributed by atoms with Crippen LogP contribution < -0.4 is 5.32 Å². The first kappa shape index (κ1) is 12.9. The van der Waals surface area contributed by atoms with E-state index in [1.807, 2.05) is 19.9 Å². The van der Waals surface area contributed by atoms with E-state index in [-0.39, 0.29) is 5.41 Å². The fourth-order valence-corrected chi connectivity index (χ4v) is 1.33. The van der Waals surface area contributed by atoms with Gasteiger partial charge in [-0.1, -0.05) is 27.7 Å². The second-order valence-electron chi connectivity index (χ2n) is 5.44. The minimum absolute atomic E-state index is 0.271. The molecule has 0 saturated heterocycles. The Morgan fingerprint density at radius 3 is 2.38 bits per heavy atom. The van der Waals surface area contributed by atoms with Gasteiger partial charge in [-0.2, -0.15) is 0 Å². The molecule has 0 radical (unpaired) electrons. The lowest BCUT2D eigenvalue weighted by Gasteiger charge is -2.29. The van der Waals surface area contributed by atoms with Crippen LogP contribution >= 0.6 is 0 Å². The van der Waals surface area contributed by atoms with E-state index in [9.17, 15) is 0 Å². The van der Waals surface area contributed by atoms with Gasteiger partial charge in [-0.15, -0.1) is 0 Å². The van der Waals surface area contributed by atoms with Crippen LogP contribution in [0.3, 0.4) is 0 Å². The van der Waals surface area contributed by atoms with Crippen molar-refractivity contribution in [2.45, 2.75) is 41.5 Å². The molecule has 0 atom stereocenters. The van der Waals surface area contributed by atoms with Crippen LogP contribution in [0.25, 0.3) is 0 Å². The second kappa shape index (κ2) is 4.81. The summed E-state index contributed by atoms with van der Waals surface area (Å²) >= 11 is 0. The normalized spacial score (nSPS) is 11.9. The van der Waals surface area contributed by atoms with E-state index in [1.165, 1.54) is 0 Å². The summed E-state index contributed by atoms with van der Waals surface area (Å²) in [6, 6.07) is 1.99. The van der Waals surface area contributed by atoms with E-state index in [0.29, 0.717) is 5.92 Å². The van der Waals surface area contributed by atoms with Crippen molar-refractivity contribution in [3.8, 4) is 0 Å². The highest BCUT2D eigenvalue weighted by Crippen LogP contribution is 2.26. The van der Waals surface area contributed by atoms with Crippen LogP contribution in [-0.4, -0.2) is 16.5 Å². The first-order valence-electron chi connectivity index (χ1n) is 5.87. The lowest BCUT2D eigenvalue weighted by atomic mass is 9.81. The quantitative estimate of drug-likeness (QED) is 0.848. The van der Waals surface area contributed by atoms with Gasteiger partial charge in [0.1, 0.15) is 11.6 Å². The Kier molecular flexibility index (Phi) is 3.89. The van der Waals surface area contributed by atoms with Crippen molar-refractivity contribution in [3.05, 3.63) is 17.6 Å². The highest BCUT2D eigenvalue weighted by Gasteiger charge is 2.21. The lowest BCUT2D eigenvalue weighted by Crippen LogP contribution is -2.28. The van der Waals surface area contributed by atoms with Crippen molar-refractivity contribution in [2.75, 3.05) is 11.9 Å². The van der Waals surface area contributed by atoms with Crippen LogP contribution in [0.2, 0.25) is 0 Å². The van der Waals surface area contributed by atoms with Crippen LogP contribution in [0.5, 0.6) is 0 Å². The SMILES string of the molecule is Cc1cc(NCC(C)(C)C(C)C)nc(C)n1. The summed E-state index contributed by atoms with van der Waals surface area (Å²) in [5, 5.41) is 3.40. The Morgan fingerprint density at radius 1 is 1.25 bits per heavy atom. The Balaban J connectivity index is 2.68. The molecule has 0 bridgehead atoms. The molecule has 0 unspecified atom stereocenters. The van der Waals surface area contributed by atoms with Gasteiger partial charge in [0, 0.05) is 18.3 Å². The molecule has 1 N–H and O–H groups in total. The predicted molar refractivity (Wildman–Crippen MR) is 68.6 cm³/mol. The highest BCUT2D eigenvalue weighted by atomic mass is 15.0. The molecule has 0 aliphatic rings. The molecule has 3 nitrogen and oxygen atoms in total. The maximum atomic E-state index is 4.37. The molecular weight excluding hydrogens is 198 g/mol. The van der Waals surface area contributed by atoms with Gasteiger partial charge in [-0.25, -0.2) is 9.97 Å². The summed E-state index contributed by atoms with van der Waals surface area (Å²) in [4.78, 5) is 8.64. The predicted octanol–water partition coefficient (Wildman–Crippen LogP) is 3.19. The largest absolute Gasteiger partial charge is 0.369 e. The molecule has 1 rings (SSSR count). The Labute approximate surface area is 98.7 Å². The molecule has 0 aliphatic heterocycles. The average molecular weight is 221 g/mol. The van der Waals surface area contributed by atoms with Crippen LogP contribution in [0, 0.1) is 25.2 Å². The molecule has 1 aromatic rings. The van der Waals surface area contributed by atoms with Gasteiger partial charge >= 0.3 is 0 Å². The first-order chi connectivity index (χ1) is 7.31. The van der Waals surface area contributed by atoms with Crippen LogP contribution in [-0.2, 0) is 0 Å². The summed E-state index contributed by atoms with van der Waals surface area (Å²) in [5.74, 6) is 2.40. The van der Waals surface area contributed by atoms with E-state index < -0.39 is 0 Å². The summed E-state index contributed by atoms with van der Waals surface area (Å²) in [6.07, 6.45) is 0. The molecule has 3 heteroatoms. The summed E-state index contributed by atoms with van der Waals surface area (Å²) in [6.45, 7) is 13.9. The minimum Gasteiger partial charge on any atom is -0.369 e. The monoisotopic (exact) mass is 221 g/mol. The zero-order chi connectivity index (χ0) is 12.3. The average Bonchev–Trinajstić information content (AvgIpc) is 2.13. The maximum Gasteiger partial charge on any atom is 0.129 e. The lowest BCUT2D eigenvalue weighted by molar-refractivity contribution is 0.269. The standard InChI is InChI=1S/C13H23N3/c1-9(2)13(5,6)8-14-12-7-10(3)15-11(4)16-12/h7,9H,8H2,1-6H3,(H,14,15,16). The smallest absolute Gasteiger partial charge is 0.129 e. The fourth-order valence-electron chi connectivity index (χ4n) is 1.33.